The van der Waals surface area contributed by atoms with Gasteiger partial charge in [0.15, 0.2) is 9.84 Å². The molecule has 1 aliphatic heterocycles. The van der Waals surface area contributed by atoms with E-state index in [0.717, 1.165) is 12.0 Å². The van der Waals surface area contributed by atoms with E-state index in [-0.39, 0.29) is 30.0 Å². The van der Waals surface area contributed by atoms with Crippen LogP contribution in [0.15, 0.2) is 24.3 Å². The van der Waals surface area contributed by atoms with Crippen LogP contribution in [0.25, 0.3) is 0 Å². The predicted octanol–water partition coefficient (Wildman–Crippen LogP) is 1.12. The lowest BCUT2D eigenvalue weighted by molar-refractivity contribution is -0.130. The quantitative estimate of drug-likeness (QED) is 0.785. The Morgan fingerprint density at radius 3 is 2.64 bits per heavy atom. The van der Waals surface area contributed by atoms with E-state index in [9.17, 15) is 13.2 Å². The van der Waals surface area contributed by atoms with Gasteiger partial charge in [-0.1, -0.05) is 23.7 Å². The fourth-order valence-electron chi connectivity index (χ4n) is 2.49. The topological polar surface area (TPSA) is 66.5 Å². The normalized spacial score (nSPS) is 20.0. The number of amides is 1. The second-order valence-corrected chi connectivity index (χ2v) is 8.28. The van der Waals surface area contributed by atoms with E-state index in [1.54, 1.807) is 11.9 Å². The van der Waals surface area contributed by atoms with Gasteiger partial charge in [-0.2, -0.15) is 0 Å². The molecule has 1 atom stereocenters. The van der Waals surface area contributed by atoms with Crippen LogP contribution in [0, 0.1) is 0 Å². The van der Waals surface area contributed by atoms with Crippen molar-refractivity contribution in [1.82, 2.24) is 10.2 Å². The SMILES string of the molecule is CN(C(=O)CNCCc1ccc(Cl)cc1)C1CCS(=O)(=O)C1. The lowest BCUT2D eigenvalue weighted by atomic mass is 10.1. The Hall–Kier alpha value is -1.11. The number of nitrogens with one attached hydrogen (secondary N) is 1. The van der Waals surface area contributed by atoms with Crippen molar-refractivity contribution in [2.75, 3.05) is 31.6 Å². The van der Waals surface area contributed by atoms with Crippen molar-refractivity contribution in [2.45, 2.75) is 18.9 Å². The highest BCUT2D eigenvalue weighted by molar-refractivity contribution is 7.91. The van der Waals surface area contributed by atoms with Gasteiger partial charge in [-0.25, -0.2) is 8.42 Å². The van der Waals surface area contributed by atoms with E-state index in [2.05, 4.69) is 5.32 Å². The van der Waals surface area contributed by atoms with E-state index < -0.39 is 9.84 Å². The fourth-order valence-corrected chi connectivity index (χ4v) is 4.39. The number of likely N-dealkylation sites (N-methyl/N-ethyl adjacent to an activating group) is 1. The number of hydrogen-bond donors (Lipinski definition) is 1. The zero-order valence-electron chi connectivity index (χ0n) is 12.6. The van der Waals surface area contributed by atoms with Crippen LogP contribution in [0.3, 0.4) is 0 Å². The minimum Gasteiger partial charge on any atom is -0.341 e. The van der Waals surface area contributed by atoms with E-state index in [0.29, 0.717) is 18.0 Å². The maximum atomic E-state index is 12.0. The summed E-state index contributed by atoms with van der Waals surface area (Å²) in [7, 11) is -1.29. The summed E-state index contributed by atoms with van der Waals surface area (Å²) in [6.07, 6.45) is 1.35. The number of sulfone groups is 1. The number of nitrogens with zero attached hydrogens (tertiary/aromatic N) is 1. The number of benzene rings is 1. The molecule has 1 unspecified atom stereocenters. The van der Waals surface area contributed by atoms with E-state index in [1.165, 1.54) is 0 Å². The first-order chi connectivity index (χ1) is 10.4. The summed E-state index contributed by atoms with van der Waals surface area (Å²) >= 11 is 5.82. The Bertz CT molecular complexity index is 616. The van der Waals surface area contributed by atoms with Gasteiger partial charge in [0.05, 0.1) is 18.1 Å². The Morgan fingerprint density at radius 1 is 1.36 bits per heavy atom. The average molecular weight is 345 g/mol. The van der Waals surface area contributed by atoms with E-state index in [4.69, 9.17) is 11.6 Å². The van der Waals surface area contributed by atoms with Gasteiger partial charge >= 0.3 is 0 Å². The molecule has 7 heteroatoms. The minimum absolute atomic E-state index is 0.0711. The van der Waals surface area contributed by atoms with Crippen molar-refractivity contribution in [3.8, 4) is 0 Å². The Morgan fingerprint density at radius 2 is 2.05 bits per heavy atom. The van der Waals surface area contributed by atoms with Crippen LogP contribution in [-0.4, -0.2) is 56.9 Å². The molecular weight excluding hydrogens is 324 g/mol. The third-order valence-corrected chi connectivity index (χ3v) is 5.93. The van der Waals surface area contributed by atoms with Gasteiger partial charge in [0.1, 0.15) is 0 Å². The van der Waals surface area contributed by atoms with Gasteiger partial charge in [0.25, 0.3) is 0 Å². The molecule has 0 spiro atoms. The van der Waals surface area contributed by atoms with Crippen LogP contribution in [0.5, 0.6) is 0 Å². The summed E-state index contributed by atoms with van der Waals surface area (Å²) in [4.78, 5) is 13.6. The molecule has 1 aliphatic rings. The molecule has 1 heterocycles. The molecule has 1 amide bonds. The van der Waals surface area contributed by atoms with Crippen LogP contribution in [0.1, 0.15) is 12.0 Å². The summed E-state index contributed by atoms with van der Waals surface area (Å²) in [5.74, 6) is 0.192. The number of rotatable bonds is 6. The predicted molar refractivity (Wildman–Crippen MR) is 87.9 cm³/mol. The van der Waals surface area contributed by atoms with Crippen LogP contribution >= 0.6 is 11.6 Å². The molecule has 122 valence electrons. The summed E-state index contributed by atoms with van der Waals surface area (Å²) in [6.45, 7) is 0.908. The highest BCUT2D eigenvalue weighted by Gasteiger charge is 2.32. The fraction of sp³-hybridized carbons (Fsp3) is 0.533. The standard InChI is InChI=1S/C15H21ClN2O3S/c1-18(14-7-9-22(20,21)11-14)15(19)10-17-8-6-12-2-4-13(16)5-3-12/h2-5,14,17H,6-11H2,1H3. The summed E-state index contributed by atoms with van der Waals surface area (Å²) < 4.78 is 22.9. The van der Waals surface area contributed by atoms with Crippen LogP contribution in [0.2, 0.25) is 5.02 Å². The molecule has 1 saturated heterocycles. The number of hydrogen-bond acceptors (Lipinski definition) is 4. The van der Waals surface area contributed by atoms with Crippen molar-refractivity contribution in [3.63, 3.8) is 0 Å². The van der Waals surface area contributed by atoms with Crippen LogP contribution in [-0.2, 0) is 21.1 Å². The number of halogens is 1. The molecule has 5 nitrogen and oxygen atoms in total. The summed E-state index contributed by atoms with van der Waals surface area (Å²) in [6, 6.07) is 7.42. The first kappa shape index (κ1) is 17.2. The smallest absolute Gasteiger partial charge is 0.236 e. The minimum atomic E-state index is -2.96. The molecular formula is C15H21ClN2O3S. The highest BCUT2D eigenvalue weighted by Crippen LogP contribution is 2.16. The molecule has 1 fully saturated rings. The van der Waals surface area contributed by atoms with Crippen molar-refractivity contribution >= 4 is 27.3 Å². The Balaban J connectivity index is 1.70. The zero-order chi connectivity index (χ0) is 16.2. The Labute approximate surface area is 136 Å². The first-order valence-corrected chi connectivity index (χ1v) is 9.48. The summed E-state index contributed by atoms with van der Waals surface area (Å²) in [5.41, 5.74) is 1.15. The second-order valence-electron chi connectivity index (χ2n) is 5.61. The average Bonchev–Trinajstić information content (AvgIpc) is 2.84. The van der Waals surface area contributed by atoms with E-state index >= 15 is 0 Å². The van der Waals surface area contributed by atoms with Gasteiger partial charge in [-0.3, -0.25) is 4.79 Å². The van der Waals surface area contributed by atoms with Gasteiger partial charge < -0.3 is 10.2 Å². The number of carbonyl (C=O) groups excluding carboxylic acids is 1. The molecule has 1 aromatic carbocycles. The zero-order valence-corrected chi connectivity index (χ0v) is 14.2. The van der Waals surface area contributed by atoms with Gasteiger partial charge in [0, 0.05) is 18.1 Å². The number of carbonyl (C=O) groups is 1. The second kappa shape index (κ2) is 7.44. The lowest BCUT2D eigenvalue weighted by Gasteiger charge is -2.23. The Kier molecular flexibility index (Phi) is 5.83. The molecule has 22 heavy (non-hydrogen) atoms. The van der Waals surface area contributed by atoms with Crippen molar-refractivity contribution < 1.29 is 13.2 Å². The van der Waals surface area contributed by atoms with Crippen LogP contribution < -0.4 is 5.32 Å². The largest absolute Gasteiger partial charge is 0.341 e. The van der Waals surface area contributed by atoms with Gasteiger partial charge in [-0.05, 0) is 37.1 Å². The molecule has 0 saturated carbocycles. The van der Waals surface area contributed by atoms with Gasteiger partial charge in [0.2, 0.25) is 5.91 Å². The van der Waals surface area contributed by atoms with Crippen molar-refractivity contribution in [1.29, 1.82) is 0 Å². The van der Waals surface area contributed by atoms with Crippen LogP contribution in [0.4, 0.5) is 0 Å². The molecule has 2 rings (SSSR count). The third-order valence-electron chi connectivity index (χ3n) is 3.93. The van der Waals surface area contributed by atoms with Crippen molar-refractivity contribution in [3.05, 3.63) is 34.9 Å². The molecule has 0 radical (unpaired) electrons. The summed E-state index contributed by atoms with van der Waals surface area (Å²) in [5, 5.41) is 3.81. The molecule has 1 aromatic rings. The van der Waals surface area contributed by atoms with E-state index in [1.807, 2.05) is 24.3 Å². The first-order valence-electron chi connectivity index (χ1n) is 7.28. The molecule has 1 N–H and O–H groups in total. The monoisotopic (exact) mass is 344 g/mol. The van der Waals surface area contributed by atoms with Gasteiger partial charge in [-0.15, -0.1) is 0 Å². The maximum Gasteiger partial charge on any atom is 0.236 e. The lowest BCUT2D eigenvalue weighted by Crippen LogP contribution is -2.42. The molecule has 0 bridgehead atoms. The molecule has 0 aromatic heterocycles. The highest BCUT2D eigenvalue weighted by atomic mass is 35.5. The van der Waals surface area contributed by atoms with Crippen molar-refractivity contribution in [2.24, 2.45) is 0 Å². The maximum absolute atomic E-state index is 12.0. The third kappa shape index (κ3) is 4.97. The molecule has 0 aliphatic carbocycles.